The van der Waals surface area contributed by atoms with E-state index in [1.807, 2.05) is 49.6 Å². The molecule has 0 aliphatic rings. The largest absolute Gasteiger partial charge is 0.550 e. The van der Waals surface area contributed by atoms with Crippen molar-refractivity contribution in [2.24, 2.45) is 17.8 Å². The molecular formula is C19H23N2O3S-. The number of anilines is 1. The van der Waals surface area contributed by atoms with E-state index in [-0.39, 0.29) is 24.2 Å². The predicted octanol–water partition coefficient (Wildman–Crippen LogP) is 3.19. The van der Waals surface area contributed by atoms with Gasteiger partial charge in [0.1, 0.15) is 0 Å². The van der Waals surface area contributed by atoms with Crippen LogP contribution in [0.5, 0.6) is 0 Å². The maximum absolute atomic E-state index is 12.2. The van der Waals surface area contributed by atoms with Crippen LogP contribution in [0.2, 0.25) is 0 Å². The molecule has 0 saturated heterocycles. The van der Waals surface area contributed by atoms with Crippen molar-refractivity contribution in [3.63, 3.8) is 0 Å². The molecule has 0 saturated carbocycles. The summed E-state index contributed by atoms with van der Waals surface area (Å²) < 4.78 is 0. The first kappa shape index (κ1) is 19.1. The van der Waals surface area contributed by atoms with Crippen LogP contribution in [0.15, 0.2) is 35.7 Å². The topological polar surface area (TPSA) is 82.1 Å². The second kappa shape index (κ2) is 8.76. The maximum atomic E-state index is 12.2. The molecule has 6 heteroatoms. The summed E-state index contributed by atoms with van der Waals surface area (Å²) in [4.78, 5) is 28.0. The number of rotatable bonds is 8. The third-order valence-corrected chi connectivity index (χ3v) is 4.80. The minimum atomic E-state index is -1.09. The van der Waals surface area contributed by atoms with Gasteiger partial charge in [0.2, 0.25) is 5.91 Å². The van der Waals surface area contributed by atoms with Gasteiger partial charge in [0, 0.05) is 29.3 Å². The first-order valence-corrected chi connectivity index (χ1v) is 9.26. The van der Waals surface area contributed by atoms with Crippen molar-refractivity contribution in [3.8, 4) is 11.3 Å². The summed E-state index contributed by atoms with van der Waals surface area (Å²) in [5.41, 5.74) is 1.79. The second-order valence-corrected chi connectivity index (χ2v) is 7.55. The monoisotopic (exact) mass is 359 g/mol. The van der Waals surface area contributed by atoms with Crippen LogP contribution in [0, 0.1) is 17.8 Å². The Bertz CT molecular complexity index is 712. The molecular weight excluding hydrogens is 336 g/mol. The van der Waals surface area contributed by atoms with E-state index >= 15 is 0 Å². The average Bonchev–Trinajstić information content (AvgIpc) is 3.01. The van der Waals surface area contributed by atoms with Crippen LogP contribution in [0.25, 0.3) is 11.3 Å². The number of benzene rings is 1. The molecule has 0 bridgehead atoms. The highest BCUT2D eigenvalue weighted by atomic mass is 32.1. The third-order valence-electron chi connectivity index (χ3n) is 4.04. The van der Waals surface area contributed by atoms with Crippen LogP contribution in [-0.2, 0) is 9.59 Å². The molecule has 1 aromatic carbocycles. The zero-order chi connectivity index (χ0) is 18.4. The molecule has 1 N–H and O–H groups in total. The SMILES string of the molecule is CC(C)C[C@H](C(=O)[O-])[C@H](C)CC(=O)Nc1nc(-c2ccccc2)cs1. The van der Waals surface area contributed by atoms with Crippen molar-refractivity contribution < 1.29 is 14.7 Å². The molecule has 0 unspecified atom stereocenters. The third kappa shape index (κ3) is 5.67. The fourth-order valence-corrected chi connectivity index (χ4v) is 3.48. The summed E-state index contributed by atoms with van der Waals surface area (Å²) in [6.07, 6.45) is 0.637. The molecule has 134 valence electrons. The van der Waals surface area contributed by atoms with E-state index in [9.17, 15) is 14.7 Å². The number of hydrogen-bond acceptors (Lipinski definition) is 5. The normalized spacial score (nSPS) is 13.4. The fourth-order valence-electron chi connectivity index (χ4n) is 2.75. The Kier molecular flexibility index (Phi) is 6.70. The number of amides is 1. The lowest BCUT2D eigenvalue weighted by Crippen LogP contribution is -2.37. The number of aromatic nitrogens is 1. The molecule has 5 nitrogen and oxygen atoms in total. The van der Waals surface area contributed by atoms with Crippen molar-refractivity contribution >= 4 is 28.3 Å². The molecule has 0 spiro atoms. The van der Waals surface area contributed by atoms with Crippen LogP contribution in [-0.4, -0.2) is 16.9 Å². The van der Waals surface area contributed by atoms with E-state index in [2.05, 4.69) is 10.3 Å². The minimum absolute atomic E-state index is 0.131. The number of nitrogens with zero attached hydrogens (tertiary/aromatic N) is 1. The Hall–Kier alpha value is -2.21. The molecule has 1 heterocycles. The lowest BCUT2D eigenvalue weighted by Gasteiger charge is -2.26. The molecule has 2 atom stereocenters. The van der Waals surface area contributed by atoms with Crippen LogP contribution >= 0.6 is 11.3 Å². The van der Waals surface area contributed by atoms with Crippen molar-refractivity contribution in [2.45, 2.75) is 33.6 Å². The van der Waals surface area contributed by atoms with E-state index in [0.717, 1.165) is 11.3 Å². The smallest absolute Gasteiger partial charge is 0.226 e. The zero-order valence-electron chi connectivity index (χ0n) is 14.7. The van der Waals surface area contributed by atoms with Gasteiger partial charge in [0.25, 0.3) is 0 Å². The number of thiazole rings is 1. The molecule has 1 amide bonds. The zero-order valence-corrected chi connectivity index (χ0v) is 15.5. The van der Waals surface area contributed by atoms with Crippen LogP contribution in [0.1, 0.15) is 33.6 Å². The Labute approximate surface area is 152 Å². The molecule has 2 rings (SSSR count). The van der Waals surface area contributed by atoms with Gasteiger partial charge in [-0.2, -0.15) is 0 Å². The summed E-state index contributed by atoms with van der Waals surface area (Å²) in [5.74, 6) is -1.99. The number of aliphatic carboxylic acids is 1. The number of hydrogen-bond donors (Lipinski definition) is 1. The van der Waals surface area contributed by atoms with Crippen LogP contribution in [0.3, 0.4) is 0 Å². The summed E-state index contributed by atoms with van der Waals surface area (Å²) >= 11 is 1.35. The molecule has 2 aromatic rings. The van der Waals surface area contributed by atoms with Crippen molar-refractivity contribution in [1.29, 1.82) is 0 Å². The van der Waals surface area contributed by atoms with Crippen molar-refractivity contribution in [2.75, 3.05) is 5.32 Å². The van der Waals surface area contributed by atoms with Crippen LogP contribution < -0.4 is 10.4 Å². The van der Waals surface area contributed by atoms with Gasteiger partial charge >= 0.3 is 0 Å². The first-order valence-electron chi connectivity index (χ1n) is 8.38. The molecule has 0 fully saturated rings. The van der Waals surface area contributed by atoms with Crippen molar-refractivity contribution in [3.05, 3.63) is 35.7 Å². The molecule has 1 aromatic heterocycles. The molecule has 0 aliphatic carbocycles. The standard InChI is InChI=1S/C19H24N2O3S/c1-12(2)9-15(18(23)24)13(3)10-17(22)21-19-20-16(11-25-19)14-7-5-4-6-8-14/h4-8,11-13,15H,9-10H2,1-3H3,(H,23,24)(H,20,21,22)/p-1/t13-,15+/m1/s1. The number of carboxylic acids is 1. The Morgan fingerprint density at radius 1 is 1.20 bits per heavy atom. The molecule has 0 aliphatic heterocycles. The van der Waals surface area contributed by atoms with Crippen molar-refractivity contribution in [1.82, 2.24) is 4.98 Å². The first-order chi connectivity index (χ1) is 11.9. The Morgan fingerprint density at radius 3 is 2.48 bits per heavy atom. The summed E-state index contributed by atoms with van der Waals surface area (Å²) in [5, 5.41) is 16.5. The summed E-state index contributed by atoms with van der Waals surface area (Å²) in [6, 6.07) is 9.72. The average molecular weight is 359 g/mol. The quantitative estimate of drug-likeness (QED) is 0.785. The van der Waals surface area contributed by atoms with Gasteiger partial charge in [-0.25, -0.2) is 4.98 Å². The summed E-state index contributed by atoms with van der Waals surface area (Å²) in [7, 11) is 0. The highest BCUT2D eigenvalue weighted by molar-refractivity contribution is 7.14. The fraction of sp³-hybridized carbons (Fsp3) is 0.421. The van der Waals surface area contributed by atoms with E-state index in [1.165, 1.54) is 11.3 Å². The van der Waals surface area contributed by atoms with Gasteiger partial charge < -0.3 is 15.2 Å². The van der Waals surface area contributed by atoms with Gasteiger partial charge in [0.15, 0.2) is 5.13 Å². The predicted molar refractivity (Wildman–Crippen MR) is 97.9 cm³/mol. The maximum Gasteiger partial charge on any atom is 0.226 e. The lowest BCUT2D eigenvalue weighted by atomic mass is 9.84. The van der Waals surface area contributed by atoms with E-state index in [4.69, 9.17) is 0 Å². The number of carbonyl (C=O) groups is 2. The van der Waals surface area contributed by atoms with Crippen LogP contribution in [0.4, 0.5) is 5.13 Å². The minimum Gasteiger partial charge on any atom is -0.550 e. The highest BCUT2D eigenvalue weighted by Gasteiger charge is 2.22. The number of carbonyl (C=O) groups excluding carboxylic acids is 2. The number of carboxylic acid groups (broad SMARTS) is 1. The van der Waals surface area contributed by atoms with E-state index in [0.29, 0.717) is 11.6 Å². The van der Waals surface area contributed by atoms with E-state index < -0.39 is 11.9 Å². The Morgan fingerprint density at radius 2 is 1.88 bits per heavy atom. The molecule has 25 heavy (non-hydrogen) atoms. The van der Waals surface area contributed by atoms with Gasteiger partial charge in [-0.1, -0.05) is 51.1 Å². The van der Waals surface area contributed by atoms with Gasteiger partial charge in [0.05, 0.1) is 5.69 Å². The summed E-state index contributed by atoms with van der Waals surface area (Å²) in [6.45, 7) is 5.70. The van der Waals surface area contributed by atoms with Gasteiger partial charge in [-0.15, -0.1) is 11.3 Å². The van der Waals surface area contributed by atoms with Gasteiger partial charge in [-0.3, -0.25) is 4.79 Å². The lowest BCUT2D eigenvalue weighted by molar-refractivity contribution is -0.313. The van der Waals surface area contributed by atoms with Gasteiger partial charge in [-0.05, 0) is 18.3 Å². The number of nitrogens with one attached hydrogen (secondary N) is 1. The molecule has 0 radical (unpaired) electrons. The van der Waals surface area contributed by atoms with E-state index in [1.54, 1.807) is 6.92 Å². The highest BCUT2D eigenvalue weighted by Crippen LogP contribution is 2.26. The second-order valence-electron chi connectivity index (χ2n) is 6.69. The Balaban J connectivity index is 1.96.